The van der Waals surface area contributed by atoms with Gasteiger partial charge in [-0.25, -0.2) is 4.79 Å². The van der Waals surface area contributed by atoms with E-state index in [0.29, 0.717) is 32.1 Å². The molecule has 0 bridgehead atoms. The van der Waals surface area contributed by atoms with Gasteiger partial charge in [0, 0.05) is 32.1 Å². The monoisotopic (exact) mass is 632 g/mol. The summed E-state index contributed by atoms with van der Waals surface area (Å²) >= 11 is 0. The molecule has 2 amide bonds. The topological polar surface area (TPSA) is 86.3 Å². The second-order valence-electron chi connectivity index (χ2n) is 15.2. The van der Waals surface area contributed by atoms with E-state index >= 15 is 0 Å². The van der Waals surface area contributed by atoms with E-state index in [0.717, 1.165) is 44.3 Å². The number of aryl methyl sites for hydroxylation is 1. The average molecular weight is 633 g/mol. The van der Waals surface area contributed by atoms with E-state index in [1.807, 2.05) is 48.5 Å². The summed E-state index contributed by atoms with van der Waals surface area (Å²) in [6, 6.07) is 6.28. The lowest BCUT2D eigenvalue weighted by Gasteiger charge is -2.37. The van der Waals surface area contributed by atoms with Gasteiger partial charge in [0.2, 0.25) is 5.91 Å². The van der Waals surface area contributed by atoms with Crippen LogP contribution in [0.15, 0.2) is 18.2 Å². The maximum Gasteiger partial charge on any atom is 0.412 e. The third-order valence-electron chi connectivity index (χ3n) is 8.85. The third kappa shape index (κ3) is 11.8. The molecule has 1 aromatic rings. The second-order valence-corrected chi connectivity index (χ2v) is 15.2. The van der Waals surface area contributed by atoms with Crippen LogP contribution in [-0.4, -0.2) is 67.2 Å². The summed E-state index contributed by atoms with van der Waals surface area (Å²) in [6.07, 6.45) is 5.38. The van der Waals surface area contributed by atoms with Crippen molar-refractivity contribution in [1.29, 1.82) is 0 Å². The molecule has 1 fully saturated rings. The Morgan fingerprint density at radius 3 is 2.33 bits per heavy atom. The standard InChI is InChI=1S/C37H64N2O6/c1-13-15-19-36(8,9)33(40)38-25-32-30(39(37(10,11)44-32)34(41)45-35(5,6)7)24-29(26(3)4)22-27-17-18-28(14-2)31(23-27)43-21-16-20-42-12/h17-18,23,26,29-30,32H,13-16,19-22,24-25H2,1-12H3,(H,38,40)/t29-,30-,32+/m0/s1. The summed E-state index contributed by atoms with van der Waals surface area (Å²) in [5, 5.41) is 3.18. The Labute approximate surface area is 274 Å². The Morgan fingerprint density at radius 2 is 1.76 bits per heavy atom. The zero-order valence-electron chi connectivity index (χ0n) is 30.5. The summed E-state index contributed by atoms with van der Waals surface area (Å²) < 4.78 is 23.9. The molecule has 8 heteroatoms. The highest BCUT2D eigenvalue weighted by atomic mass is 16.6. The molecule has 0 aromatic heterocycles. The van der Waals surface area contributed by atoms with Gasteiger partial charge < -0.3 is 24.3 Å². The second kappa shape index (κ2) is 17.0. The van der Waals surface area contributed by atoms with Crippen LogP contribution >= 0.6 is 0 Å². The van der Waals surface area contributed by atoms with Crippen LogP contribution in [0.5, 0.6) is 5.75 Å². The molecule has 3 atom stereocenters. The molecule has 2 rings (SSSR count). The predicted molar refractivity (Wildman–Crippen MR) is 182 cm³/mol. The van der Waals surface area contributed by atoms with Crippen LogP contribution in [0.2, 0.25) is 0 Å². The smallest absolute Gasteiger partial charge is 0.412 e. The van der Waals surface area contributed by atoms with Gasteiger partial charge in [0.05, 0.1) is 18.8 Å². The van der Waals surface area contributed by atoms with Gasteiger partial charge >= 0.3 is 6.09 Å². The van der Waals surface area contributed by atoms with Crippen LogP contribution in [0.25, 0.3) is 0 Å². The number of nitrogens with one attached hydrogen (secondary N) is 1. The molecule has 0 radical (unpaired) electrons. The summed E-state index contributed by atoms with van der Waals surface area (Å²) in [6.45, 7) is 23.8. The van der Waals surface area contributed by atoms with Crippen LogP contribution < -0.4 is 10.1 Å². The molecule has 1 aromatic carbocycles. The largest absolute Gasteiger partial charge is 0.493 e. The van der Waals surface area contributed by atoms with Crippen molar-refractivity contribution in [3.63, 3.8) is 0 Å². The summed E-state index contributed by atoms with van der Waals surface area (Å²) in [5.74, 6) is 1.53. The predicted octanol–water partition coefficient (Wildman–Crippen LogP) is 7.94. The first-order valence-electron chi connectivity index (χ1n) is 17.2. The molecule has 1 saturated heterocycles. The minimum Gasteiger partial charge on any atom is -0.493 e. The van der Waals surface area contributed by atoms with Crippen LogP contribution in [0.1, 0.15) is 119 Å². The molecular formula is C37H64N2O6. The number of methoxy groups -OCH3 is 1. The van der Waals surface area contributed by atoms with E-state index in [1.54, 1.807) is 12.0 Å². The SMILES string of the molecule is CCCCC(C)(C)C(=O)NC[C@H]1OC(C)(C)N(C(=O)OC(C)(C)C)[C@H]1C[C@H](Cc1ccc(CC)c(OCCCOC)c1)C(C)C. The van der Waals surface area contributed by atoms with E-state index in [9.17, 15) is 9.59 Å². The molecule has 1 N–H and O–H groups in total. The normalized spacial score (nSPS) is 19.1. The number of unbranched alkanes of at least 4 members (excludes halogenated alkanes) is 1. The van der Waals surface area contributed by atoms with Crippen molar-refractivity contribution in [2.24, 2.45) is 17.3 Å². The maximum atomic E-state index is 13.7. The van der Waals surface area contributed by atoms with Crippen molar-refractivity contribution in [1.82, 2.24) is 10.2 Å². The van der Waals surface area contributed by atoms with Crippen molar-refractivity contribution >= 4 is 12.0 Å². The lowest BCUT2D eigenvalue weighted by Crippen LogP contribution is -2.52. The number of amides is 2. The zero-order valence-corrected chi connectivity index (χ0v) is 30.5. The lowest BCUT2D eigenvalue weighted by atomic mass is 9.82. The first kappa shape index (κ1) is 38.9. The summed E-state index contributed by atoms with van der Waals surface area (Å²) in [7, 11) is 1.71. The Morgan fingerprint density at radius 1 is 1.07 bits per heavy atom. The fourth-order valence-corrected chi connectivity index (χ4v) is 6.08. The molecule has 0 spiro atoms. The van der Waals surface area contributed by atoms with E-state index in [2.05, 4.69) is 51.2 Å². The third-order valence-corrected chi connectivity index (χ3v) is 8.85. The number of carbonyl (C=O) groups excluding carboxylic acids is 2. The van der Waals surface area contributed by atoms with Gasteiger partial charge in [0.25, 0.3) is 0 Å². The van der Waals surface area contributed by atoms with Crippen LogP contribution in [0, 0.1) is 17.3 Å². The van der Waals surface area contributed by atoms with Gasteiger partial charge in [0.1, 0.15) is 17.1 Å². The Balaban J connectivity index is 2.37. The number of nitrogens with zero attached hydrogens (tertiary/aromatic N) is 1. The van der Waals surface area contributed by atoms with Gasteiger partial charge in [-0.15, -0.1) is 0 Å². The highest BCUT2D eigenvalue weighted by Gasteiger charge is 2.52. The van der Waals surface area contributed by atoms with Gasteiger partial charge in [-0.05, 0) is 89.3 Å². The van der Waals surface area contributed by atoms with E-state index < -0.39 is 22.8 Å². The average Bonchev–Trinajstić information content (AvgIpc) is 3.20. The number of hydrogen-bond donors (Lipinski definition) is 1. The van der Waals surface area contributed by atoms with Crippen LogP contribution in [-0.2, 0) is 31.8 Å². The van der Waals surface area contributed by atoms with Gasteiger partial charge in [-0.1, -0.05) is 66.5 Å². The lowest BCUT2D eigenvalue weighted by molar-refractivity contribution is -0.131. The molecule has 1 aliphatic rings. The number of hydrogen-bond acceptors (Lipinski definition) is 6. The molecule has 8 nitrogen and oxygen atoms in total. The Hall–Kier alpha value is -2.32. The van der Waals surface area contributed by atoms with Crippen molar-refractivity contribution in [3.05, 3.63) is 29.3 Å². The number of benzene rings is 1. The molecule has 0 saturated carbocycles. The summed E-state index contributed by atoms with van der Waals surface area (Å²) in [4.78, 5) is 28.8. The quantitative estimate of drug-likeness (QED) is 0.176. The molecule has 258 valence electrons. The van der Waals surface area contributed by atoms with Gasteiger partial charge in [-0.2, -0.15) is 0 Å². The maximum absolute atomic E-state index is 13.7. The van der Waals surface area contributed by atoms with Gasteiger partial charge in [0.15, 0.2) is 0 Å². The minimum absolute atomic E-state index is 0.0151. The van der Waals surface area contributed by atoms with Gasteiger partial charge in [-0.3, -0.25) is 9.69 Å². The molecule has 0 aliphatic carbocycles. The van der Waals surface area contributed by atoms with E-state index in [4.69, 9.17) is 18.9 Å². The number of rotatable bonds is 17. The van der Waals surface area contributed by atoms with Crippen molar-refractivity contribution < 1.29 is 28.5 Å². The molecule has 45 heavy (non-hydrogen) atoms. The molecule has 1 heterocycles. The molecule has 1 aliphatic heterocycles. The van der Waals surface area contributed by atoms with Crippen molar-refractivity contribution in [2.45, 2.75) is 145 Å². The van der Waals surface area contributed by atoms with E-state index in [-0.39, 0.29) is 24.0 Å². The zero-order chi connectivity index (χ0) is 34.0. The van der Waals surface area contributed by atoms with Crippen LogP contribution in [0.4, 0.5) is 4.79 Å². The highest BCUT2D eigenvalue weighted by molar-refractivity contribution is 5.81. The highest BCUT2D eigenvalue weighted by Crippen LogP contribution is 2.39. The Bertz CT molecular complexity index is 1080. The van der Waals surface area contributed by atoms with Crippen LogP contribution in [0.3, 0.4) is 0 Å². The first-order chi connectivity index (χ1) is 21.0. The minimum atomic E-state index is -0.895. The number of ether oxygens (including phenoxy) is 4. The Kier molecular flexibility index (Phi) is 14.7. The van der Waals surface area contributed by atoms with E-state index in [1.165, 1.54) is 11.1 Å². The molecular weight excluding hydrogens is 568 g/mol. The van der Waals surface area contributed by atoms with Crippen molar-refractivity contribution in [2.75, 3.05) is 26.9 Å². The summed E-state index contributed by atoms with van der Waals surface area (Å²) in [5.41, 5.74) is 0.382. The van der Waals surface area contributed by atoms with Crippen molar-refractivity contribution in [3.8, 4) is 5.75 Å². The fourth-order valence-electron chi connectivity index (χ4n) is 6.08. The number of carbonyl (C=O) groups is 2. The first-order valence-corrected chi connectivity index (χ1v) is 17.2. The molecule has 0 unspecified atom stereocenters. The fraction of sp³-hybridized carbons (Fsp3) is 0.784.